The molecule has 0 aliphatic heterocycles. The number of imide groups is 4. The molecule has 296 valence electrons. The number of rotatable bonds is 20. The van der Waals surface area contributed by atoms with Crippen LogP contribution in [0.15, 0.2) is 48.5 Å². The summed E-state index contributed by atoms with van der Waals surface area (Å²) in [6.07, 6.45) is 4.10. The minimum atomic E-state index is -1.36. The van der Waals surface area contributed by atoms with Crippen LogP contribution in [0.1, 0.15) is 93.8 Å². The van der Waals surface area contributed by atoms with E-state index in [1.165, 1.54) is 36.4 Å². The van der Waals surface area contributed by atoms with Crippen LogP contribution >= 0.6 is 0 Å². The number of carbonyl (C=O) groups is 12. The highest BCUT2D eigenvalue weighted by Gasteiger charge is 2.33. The Kier molecular flexibility index (Phi) is 13.0. The normalized spacial score (nSPS) is 10.9. The summed E-state index contributed by atoms with van der Waals surface area (Å²) in [5.74, 6) is -9.98. The summed E-state index contributed by atoms with van der Waals surface area (Å²) >= 11 is 0. The first-order chi connectivity index (χ1) is 27.9. The fraction of sp³-hybridized carbons (Fsp3) is 0.238. The zero-order valence-electron chi connectivity index (χ0n) is 31.4. The molecule has 58 heavy (non-hydrogen) atoms. The molecule has 0 spiro atoms. The number of nitrogens with one attached hydrogen (secondary N) is 2. The van der Waals surface area contributed by atoms with Crippen LogP contribution in [0.3, 0.4) is 0 Å². The molecule has 0 aliphatic carbocycles. The number of benzene rings is 5. The van der Waals surface area contributed by atoms with E-state index < -0.39 is 57.9 Å². The van der Waals surface area contributed by atoms with Crippen LogP contribution in [-0.2, 0) is 38.4 Å². The molecule has 0 aromatic heterocycles. The topological polar surface area (TPSA) is 235 Å². The van der Waals surface area contributed by atoms with Crippen molar-refractivity contribution in [3.8, 4) is 0 Å². The highest BCUT2D eigenvalue weighted by atomic mass is 16.2. The van der Waals surface area contributed by atoms with E-state index in [0.717, 1.165) is 34.8 Å². The molecule has 0 radical (unpaired) electrons. The molecule has 8 amide bonds. The van der Waals surface area contributed by atoms with Gasteiger partial charge in [-0.1, -0.05) is 63.8 Å². The number of fused-ring (bicyclic) bond motifs is 2. The lowest BCUT2D eigenvalue weighted by atomic mass is 9.82. The van der Waals surface area contributed by atoms with Crippen molar-refractivity contribution in [2.75, 3.05) is 13.1 Å². The average molecular weight is 789 g/mol. The summed E-state index contributed by atoms with van der Waals surface area (Å²) in [6, 6.07) is 10.4. The van der Waals surface area contributed by atoms with Gasteiger partial charge in [0.25, 0.3) is 34.9 Å². The monoisotopic (exact) mass is 788 g/mol. The maximum Gasteiger partial charge on any atom is 0.301 e. The third-order valence-corrected chi connectivity index (χ3v) is 9.84. The molecular weight excluding hydrogens is 752 g/mol. The van der Waals surface area contributed by atoms with E-state index >= 15 is 0 Å². The van der Waals surface area contributed by atoms with E-state index in [9.17, 15) is 57.5 Å². The van der Waals surface area contributed by atoms with Crippen LogP contribution in [0.5, 0.6) is 0 Å². The zero-order chi connectivity index (χ0) is 42.3. The van der Waals surface area contributed by atoms with E-state index in [4.69, 9.17) is 0 Å². The van der Waals surface area contributed by atoms with E-state index in [2.05, 4.69) is 0 Å². The van der Waals surface area contributed by atoms with E-state index in [0.29, 0.717) is 25.7 Å². The summed E-state index contributed by atoms with van der Waals surface area (Å²) in [6.45, 7) is 3.70. The summed E-state index contributed by atoms with van der Waals surface area (Å²) in [7, 11) is 0. The molecule has 16 heteroatoms. The second-order valence-corrected chi connectivity index (χ2v) is 13.3. The van der Waals surface area contributed by atoms with Gasteiger partial charge in [-0.2, -0.15) is 0 Å². The van der Waals surface area contributed by atoms with Crippen molar-refractivity contribution in [2.45, 2.75) is 52.4 Å². The summed E-state index contributed by atoms with van der Waals surface area (Å²) in [4.78, 5) is 155. The first-order valence-corrected chi connectivity index (χ1v) is 18.3. The average Bonchev–Trinajstić information content (AvgIpc) is 3.24. The highest BCUT2D eigenvalue weighted by molar-refractivity contribution is 6.54. The molecule has 0 bridgehead atoms. The number of nitrogens with zero attached hydrogens (tertiary/aromatic N) is 2. The van der Waals surface area contributed by atoms with Gasteiger partial charge in [0.05, 0.1) is 0 Å². The van der Waals surface area contributed by atoms with E-state index in [1.807, 2.05) is 13.8 Å². The lowest BCUT2D eigenvalue weighted by Gasteiger charge is -2.21. The van der Waals surface area contributed by atoms with Crippen LogP contribution in [0.4, 0.5) is 0 Å². The number of hydrogen-bond acceptors (Lipinski definition) is 12. The van der Waals surface area contributed by atoms with Gasteiger partial charge in [0.2, 0.25) is 25.6 Å². The SMILES string of the molecule is CCCCCN(C=O)C(=O)C(=O)c1ccc2c3ccc(C(=O)C(=O)NC=O)c4c(C(=O)C(=O)NC=O)ccc(c5ccc(C(=O)C(=O)N(C=O)CCCCC)c1c25)c43. The van der Waals surface area contributed by atoms with Crippen LogP contribution in [0, 0.1) is 0 Å². The molecule has 5 aromatic rings. The van der Waals surface area contributed by atoms with Crippen molar-refractivity contribution in [2.24, 2.45) is 0 Å². The lowest BCUT2D eigenvalue weighted by molar-refractivity contribution is -0.136. The van der Waals surface area contributed by atoms with E-state index in [-0.39, 0.29) is 92.9 Å². The Hall–Kier alpha value is -7.36. The maximum absolute atomic E-state index is 14.1. The van der Waals surface area contributed by atoms with Crippen LogP contribution in [0.25, 0.3) is 43.1 Å². The van der Waals surface area contributed by atoms with Crippen molar-refractivity contribution in [1.29, 1.82) is 0 Å². The van der Waals surface area contributed by atoms with Gasteiger partial charge >= 0.3 is 11.8 Å². The Morgan fingerprint density at radius 3 is 1.03 bits per heavy atom. The Morgan fingerprint density at radius 2 is 0.759 bits per heavy atom. The smallest absolute Gasteiger partial charge is 0.292 e. The van der Waals surface area contributed by atoms with Gasteiger partial charge in [0.1, 0.15) is 0 Å². The van der Waals surface area contributed by atoms with Crippen molar-refractivity contribution >= 4 is 115 Å². The Balaban J connectivity index is 1.90. The molecule has 0 aliphatic rings. The molecule has 5 aromatic carbocycles. The van der Waals surface area contributed by atoms with Gasteiger partial charge < -0.3 is 0 Å². The van der Waals surface area contributed by atoms with Crippen molar-refractivity contribution < 1.29 is 57.5 Å². The largest absolute Gasteiger partial charge is 0.301 e. The number of unbranched alkanes of at least 4 members (excludes halogenated alkanes) is 4. The Morgan fingerprint density at radius 1 is 0.448 bits per heavy atom. The summed E-state index contributed by atoms with van der Waals surface area (Å²) < 4.78 is 0. The minimum Gasteiger partial charge on any atom is -0.292 e. The van der Waals surface area contributed by atoms with Gasteiger partial charge in [-0.05, 0) is 69.4 Å². The molecule has 16 nitrogen and oxygen atoms in total. The van der Waals surface area contributed by atoms with Gasteiger partial charge in [-0.25, -0.2) is 0 Å². The second kappa shape index (κ2) is 18.1. The maximum atomic E-state index is 14.1. The molecule has 0 atom stereocenters. The molecule has 0 saturated heterocycles. The fourth-order valence-corrected chi connectivity index (χ4v) is 7.09. The molecule has 0 heterocycles. The molecule has 2 N–H and O–H groups in total. The number of amides is 8. The first kappa shape index (κ1) is 41.8. The molecule has 0 saturated carbocycles. The third-order valence-electron chi connectivity index (χ3n) is 9.84. The predicted octanol–water partition coefficient (Wildman–Crippen LogP) is 3.36. The Bertz CT molecular complexity index is 2430. The Labute approximate surface area is 329 Å². The molecular formula is C42H36N4O12. The van der Waals surface area contributed by atoms with Crippen LogP contribution < -0.4 is 10.6 Å². The lowest BCUT2D eigenvalue weighted by Crippen LogP contribution is -2.37. The fourth-order valence-electron chi connectivity index (χ4n) is 7.09. The van der Waals surface area contributed by atoms with Gasteiger partial charge in [-0.15, -0.1) is 0 Å². The van der Waals surface area contributed by atoms with Gasteiger partial charge in [0.15, 0.2) is 0 Å². The molecule has 5 rings (SSSR count). The zero-order valence-corrected chi connectivity index (χ0v) is 31.4. The first-order valence-electron chi connectivity index (χ1n) is 18.3. The number of Topliss-reactive ketones (excluding diaryl/α,β-unsaturated/α-hetero) is 4. The van der Waals surface area contributed by atoms with Gasteiger partial charge in [0, 0.05) is 46.1 Å². The second-order valence-electron chi connectivity index (χ2n) is 13.3. The highest BCUT2D eigenvalue weighted by Crippen LogP contribution is 2.44. The molecule has 0 unspecified atom stereocenters. The quantitative estimate of drug-likeness (QED) is 0.0289. The minimum absolute atomic E-state index is 0.0157. The standard InChI is InChI=1S/C42H36N4O12/c1-3-5-7-17-45(21-49)41(57)37(53)29-15-11-25-23-9-13-27(35(51)39(55)43-19-47)33-28(36(52)40(56)44-20-48)14-10-24(31(23)33)26-12-16-30(34(29)32(25)26)38(54)42(58)46(22-50)18-8-6-4-2/h9-16,19-22H,3-8,17-18H2,1-2H3,(H,43,47,55)(H,44,48,56). The van der Waals surface area contributed by atoms with Crippen molar-refractivity contribution in [3.63, 3.8) is 0 Å². The predicted molar refractivity (Wildman–Crippen MR) is 208 cm³/mol. The van der Waals surface area contributed by atoms with Gasteiger partial charge in [-0.3, -0.25) is 78.0 Å². The number of hydrogen-bond donors (Lipinski definition) is 2. The third kappa shape index (κ3) is 7.58. The summed E-state index contributed by atoms with van der Waals surface area (Å²) in [5.41, 5.74) is -1.49. The van der Waals surface area contributed by atoms with Crippen molar-refractivity contribution in [1.82, 2.24) is 20.4 Å². The number of ketones is 4. The molecule has 0 fully saturated rings. The summed E-state index contributed by atoms with van der Waals surface area (Å²) in [5, 5.41) is 4.39. The van der Waals surface area contributed by atoms with E-state index in [1.54, 1.807) is 10.6 Å². The number of carbonyl (C=O) groups excluding carboxylic acids is 12. The van der Waals surface area contributed by atoms with Crippen LogP contribution in [-0.4, -0.2) is 95.3 Å². The van der Waals surface area contributed by atoms with Crippen molar-refractivity contribution in [3.05, 3.63) is 70.8 Å². The van der Waals surface area contributed by atoms with Crippen LogP contribution in [0.2, 0.25) is 0 Å².